The highest BCUT2D eigenvalue weighted by Crippen LogP contribution is 2.19. The highest BCUT2D eigenvalue weighted by molar-refractivity contribution is 5.94. The number of benzene rings is 3. The van der Waals surface area contributed by atoms with E-state index < -0.39 is 18.5 Å². The second-order valence-corrected chi connectivity index (χ2v) is 7.05. The normalized spacial score (nSPS) is 10.5. The molecule has 6 nitrogen and oxygen atoms in total. The molecule has 3 aromatic carbocycles. The second-order valence-electron chi connectivity index (χ2n) is 7.05. The maximum absolute atomic E-state index is 12.2. The molecular formula is C24H24N2O4. The second kappa shape index (κ2) is 9.69. The summed E-state index contributed by atoms with van der Waals surface area (Å²) in [5, 5.41) is 7.31. The Morgan fingerprint density at radius 1 is 0.867 bits per heavy atom. The van der Waals surface area contributed by atoms with Gasteiger partial charge in [0.1, 0.15) is 6.54 Å². The molecule has 2 N–H and O–H groups in total. The van der Waals surface area contributed by atoms with E-state index in [0.29, 0.717) is 5.69 Å². The van der Waals surface area contributed by atoms with Gasteiger partial charge in [0.15, 0.2) is 6.61 Å². The van der Waals surface area contributed by atoms with Crippen molar-refractivity contribution in [3.8, 4) is 0 Å². The van der Waals surface area contributed by atoms with Crippen molar-refractivity contribution in [2.75, 3.05) is 18.5 Å². The van der Waals surface area contributed by atoms with Crippen molar-refractivity contribution in [1.29, 1.82) is 0 Å². The molecule has 3 aromatic rings. The van der Waals surface area contributed by atoms with Crippen LogP contribution in [0.2, 0.25) is 0 Å². The SMILES string of the molecule is Cc1cccc(NC(=O)COC(=O)CNC(=O)Cc2cccc3ccccc23)c1C. The van der Waals surface area contributed by atoms with Gasteiger partial charge in [-0.25, -0.2) is 0 Å². The summed E-state index contributed by atoms with van der Waals surface area (Å²) in [4.78, 5) is 36.1. The van der Waals surface area contributed by atoms with E-state index in [1.807, 2.05) is 68.4 Å². The van der Waals surface area contributed by atoms with E-state index in [4.69, 9.17) is 4.74 Å². The van der Waals surface area contributed by atoms with E-state index in [0.717, 1.165) is 27.5 Å². The number of nitrogens with one attached hydrogen (secondary N) is 2. The summed E-state index contributed by atoms with van der Waals surface area (Å²) < 4.78 is 4.95. The lowest BCUT2D eigenvalue weighted by atomic mass is 10.0. The monoisotopic (exact) mass is 404 g/mol. The molecule has 0 aliphatic heterocycles. The Morgan fingerprint density at radius 3 is 2.43 bits per heavy atom. The molecule has 0 spiro atoms. The van der Waals surface area contributed by atoms with Gasteiger partial charge < -0.3 is 15.4 Å². The van der Waals surface area contributed by atoms with Crippen LogP contribution in [0.1, 0.15) is 16.7 Å². The molecule has 0 fully saturated rings. The smallest absolute Gasteiger partial charge is 0.325 e. The minimum absolute atomic E-state index is 0.155. The van der Waals surface area contributed by atoms with Crippen molar-refractivity contribution in [3.63, 3.8) is 0 Å². The molecule has 154 valence electrons. The summed E-state index contributed by atoms with van der Waals surface area (Å²) in [6.07, 6.45) is 0.155. The van der Waals surface area contributed by atoms with Crippen LogP contribution in [0.4, 0.5) is 5.69 Å². The van der Waals surface area contributed by atoms with Gasteiger partial charge in [0.2, 0.25) is 5.91 Å². The van der Waals surface area contributed by atoms with E-state index >= 15 is 0 Å². The highest BCUT2D eigenvalue weighted by Gasteiger charge is 2.12. The number of aryl methyl sites for hydroxylation is 1. The third-order valence-corrected chi connectivity index (χ3v) is 4.90. The lowest BCUT2D eigenvalue weighted by Crippen LogP contribution is -2.33. The standard InChI is InChI=1S/C24H24N2O4/c1-16-7-5-12-21(17(16)2)26-23(28)15-30-24(29)14-25-22(27)13-19-10-6-9-18-8-3-4-11-20(18)19/h3-12H,13-15H2,1-2H3,(H,25,27)(H,26,28). The van der Waals surface area contributed by atoms with Crippen molar-refractivity contribution >= 4 is 34.2 Å². The highest BCUT2D eigenvalue weighted by atomic mass is 16.5. The average molecular weight is 404 g/mol. The molecule has 0 heterocycles. The predicted molar refractivity (Wildman–Crippen MR) is 116 cm³/mol. The van der Waals surface area contributed by atoms with E-state index in [1.54, 1.807) is 6.07 Å². The van der Waals surface area contributed by atoms with Crippen molar-refractivity contribution in [1.82, 2.24) is 5.32 Å². The quantitative estimate of drug-likeness (QED) is 0.592. The zero-order valence-corrected chi connectivity index (χ0v) is 17.0. The van der Waals surface area contributed by atoms with Crippen LogP contribution in [-0.4, -0.2) is 30.9 Å². The minimum atomic E-state index is -0.669. The Bertz CT molecular complexity index is 1090. The Hall–Kier alpha value is -3.67. The Morgan fingerprint density at radius 2 is 1.60 bits per heavy atom. The average Bonchev–Trinajstić information content (AvgIpc) is 2.74. The number of rotatable bonds is 7. The van der Waals surface area contributed by atoms with Crippen LogP contribution >= 0.6 is 0 Å². The van der Waals surface area contributed by atoms with Gasteiger partial charge in [-0.15, -0.1) is 0 Å². The number of ether oxygens (including phenoxy) is 1. The summed E-state index contributed by atoms with van der Waals surface area (Å²) in [5.74, 6) is -1.39. The molecule has 0 saturated carbocycles. The molecule has 0 atom stereocenters. The first-order valence-electron chi connectivity index (χ1n) is 9.69. The van der Waals surface area contributed by atoms with Gasteiger partial charge in [-0.1, -0.05) is 54.6 Å². The summed E-state index contributed by atoms with van der Waals surface area (Å²) in [5.41, 5.74) is 3.57. The maximum Gasteiger partial charge on any atom is 0.325 e. The fourth-order valence-electron chi connectivity index (χ4n) is 3.12. The van der Waals surface area contributed by atoms with E-state index in [2.05, 4.69) is 10.6 Å². The molecule has 3 rings (SSSR count). The fraction of sp³-hybridized carbons (Fsp3) is 0.208. The molecular weight excluding hydrogens is 380 g/mol. The number of anilines is 1. The van der Waals surface area contributed by atoms with Crippen LogP contribution < -0.4 is 10.6 Å². The number of amides is 2. The van der Waals surface area contributed by atoms with Gasteiger partial charge in [-0.2, -0.15) is 0 Å². The number of fused-ring (bicyclic) bond motifs is 1. The van der Waals surface area contributed by atoms with E-state index in [9.17, 15) is 14.4 Å². The van der Waals surface area contributed by atoms with Crippen LogP contribution in [0.15, 0.2) is 60.7 Å². The minimum Gasteiger partial charge on any atom is -0.454 e. The van der Waals surface area contributed by atoms with Gasteiger partial charge in [-0.3, -0.25) is 14.4 Å². The third kappa shape index (κ3) is 5.44. The van der Waals surface area contributed by atoms with Gasteiger partial charge in [-0.05, 0) is 47.4 Å². The Balaban J connectivity index is 1.44. The van der Waals surface area contributed by atoms with Gasteiger partial charge in [0.05, 0.1) is 6.42 Å². The van der Waals surface area contributed by atoms with Crippen molar-refractivity contribution < 1.29 is 19.1 Å². The Labute approximate surface area is 175 Å². The zero-order valence-electron chi connectivity index (χ0n) is 17.0. The number of carbonyl (C=O) groups is 3. The molecule has 0 aliphatic rings. The van der Waals surface area contributed by atoms with Crippen LogP contribution in [-0.2, 0) is 25.5 Å². The molecule has 0 radical (unpaired) electrons. The molecule has 0 unspecified atom stereocenters. The van der Waals surface area contributed by atoms with Gasteiger partial charge in [0.25, 0.3) is 5.91 Å². The molecule has 0 bridgehead atoms. The van der Waals surface area contributed by atoms with Gasteiger partial charge >= 0.3 is 5.97 Å². The zero-order chi connectivity index (χ0) is 21.5. The summed E-state index contributed by atoms with van der Waals surface area (Å²) >= 11 is 0. The first-order valence-corrected chi connectivity index (χ1v) is 9.69. The number of hydrogen-bond acceptors (Lipinski definition) is 4. The number of esters is 1. The van der Waals surface area contributed by atoms with Crippen LogP contribution in [0.3, 0.4) is 0 Å². The van der Waals surface area contributed by atoms with Crippen molar-refractivity contribution in [3.05, 3.63) is 77.4 Å². The summed E-state index contributed by atoms with van der Waals surface area (Å²) in [7, 11) is 0. The van der Waals surface area contributed by atoms with Crippen molar-refractivity contribution in [2.24, 2.45) is 0 Å². The van der Waals surface area contributed by atoms with Gasteiger partial charge in [0, 0.05) is 5.69 Å². The van der Waals surface area contributed by atoms with Crippen LogP contribution in [0, 0.1) is 13.8 Å². The number of carbonyl (C=O) groups excluding carboxylic acids is 3. The maximum atomic E-state index is 12.2. The van der Waals surface area contributed by atoms with Crippen LogP contribution in [0.25, 0.3) is 10.8 Å². The van der Waals surface area contributed by atoms with E-state index in [-0.39, 0.29) is 18.9 Å². The first-order chi connectivity index (χ1) is 14.4. The topological polar surface area (TPSA) is 84.5 Å². The molecule has 30 heavy (non-hydrogen) atoms. The predicted octanol–water partition coefficient (Wildman–Crippen LogP) is 3.30. The molecule has 0 aliphatic carbocycles. The lowest BCUT2D eigenvalue weighted by Gasteiger charge is -2.11. The molecule has 2 amide bonds. The molecule has 6 heteroatoms. The summed E-state index contributed by atoms with van der Waals surface area (Å²) in [6.45, 7) is 3.15. The first kappa shape index (κ1) is 21.0. The Kier molecular flexibility index (Phi) is 6.80. The molecule has 0 saturated heterocycles. The molecule has 0 aromatic heterocycles. The number of hydrogen-bond donors (Lipinski definition) is 2. The van der Waals surface area contributed by atoms with E-state index in [1.165, 1.54) is 0 Å². The largest absolute Gasteiger partial charge is 0.454 e. The third-order valence-electron chi connectivity index (χ3n) is 4.90. The van der Waals surface area contributed by atoms with Crippen LogP contribution in [0.5, 0.6) is 0 Å². The lowest BCUT2D eigenvalue weighted by molar-refractivity contribution is -0.147. The fourth-order valence-corrected chi connectivity index (χ4v) is 3.12. The van der Waals surface area contributed by atoms with Crippen molar-refractivity contribution in [2.45, 2.75) is 20.3 Å². The summed E-state index contributed by atoms with van der Waals surface area (Å²) in [6, 6.07) is 19.2.